The summed E-state index contributed by atoms with van der Waals surface area (Å²) in [5.74, 6) is 0.170. The van der Waals surface area contributed by atoms with Crippen molar-refractivity contribution in [1.29, 1.82) is 0 Å². The van der Waals surface area contributed by atoms with Gasteiger partial charge in [0, 0.05) is 12.0 Å². The van der Waals surface area contributed by atoms with Gasteiger partial charge in [-0.1, -0.05) is 30.3 Å². The molecule has 0 radical (unpaired) electrons. The molecule has 0 fully saturated rings. The lowest BCUT2D eigenvalue weighted by atomic mass is 9.97. The van der Waals surface area contributed by atoms with Crippen molar-refractivity contribution in [1.82, 2.24) is 0 Å². The summed E-state index contributed by atoms with van der Waals surface area (Å²) in [6, 6.07) is 12.8. The van der Waals surface area contributed by atoms with E-state index >= 15 is 0 Å². The zero-order chi connectivity index (χ0) is 18.1. The van der Waals surface area contributed by atoms with Gasteiger partial charge in [-0.05, 0) is 28.8 Å². The molecule has 4 rings (SSSR count). The number of rotatable bonds is 6. The highest BCUT2D eigenvalue weighted by molar-refractivity contribution is 6.05. The summed E-state index contributed by atoms with van der Waals surface area (Å²) < 4.78 is 16.5. The second kappa shape index (κ2) is 6.65. The first-order valence-corrected chi connectivity index (χ1v) is 8.22. The Morgan fingerprint density at radius 1 is 1.19 bits per heavy atom. The van der Waals surface area contributed by atoms with E-state index < -0.39 is 12.1 Å². The molecule has 1 atom stereocenters. The molecule has 0 saturated heterocycles. The Kier molecular flexibility index (Phi) is 4.18. The fourth-order valence-corrected chi connectivity index (χ4v) is 3.37. The fraction of sp³-hybridized carbons (Fsp3) is 0.200. The van der Waals surface area contributed by atoms with Crippen LogP contribution in [0.25, 0.3) is 5.57 Å². The van der Waals surface area contributed by atoms with E-state index in [4.69, 9.17) is 14.2 Å². The van der Waals surface area contributed by atoms with Crippen LogP contribution >= 0.6 is 0 Å². The molecule has 1 unspecified atom stereocenters. The van der Waals surface area contributed by atoms with Crippen LogP contribution in [0, 0.1) is 0 Å². The Bertz CT molecular complexity index is 914. The molecule has 6 nitrogen and oxygen atoms in total. The number of aldehydes is 1. The monoisotopic (exact) mass is 352 g/mol. The van der Waals surface area contributed by atoms with E-state index in [0.717, 1.165) is 23.0 Å². The van der Waals surface area contributed by atoms with Crippen molar-refractivity contribution in [3.63, 3.8) is 0 Å². The van der Waals surface area contributed by atoms with Gasteiger partial charge >= 0.3 is 5.97 Å². The predicted octanol–water partition coefficient (Wildman–Crippen LogP) is 2.96. The van der Waals surface area contributed by atoms with Gasteiger partial charge in [0.05, 0.1) is 12.2 Å². The number of fused-ring (bicyclic) bond motifs is 2. The maximum absolute atomic E-state index is 12.1. The zero-order valence-corrected chi connectivity index (χ0v) is 13.8. The largest absolute Gasteiger partial charge is 0.478 e. The molecule has 0 aromatic heterocycles. The lowest BCUT2D eigenvalue weighted by Gasteiger charge is -2.14. The first-order valence-electron chi connectivity index (χ1n) is 8.22. The summed E-state index contributed by atoms with van der Waals surface area (Å²) in [4.78, 5) is 22.7. The highest BCUT2D eigenvalue weighted by atomic mass is 16.7. The lowest BCUT2D eigenvalue weighted by molar-refractivity contribution is -0.134. The molecule has 2 aromatic rings. The van der Waals surface area contributed by atoms with Crippen molar-refractivity contribution in [3.8, 4) is 11.5 Å². The number of benzene rings is 2. The second-order valence-corrected chi connectivity index (χ2v) is 5.96. The van der Waals surface area contributed by atoms with E-state index in [2.05, 4.69) is 0 Å². The van der Waals surface area contributed by atoms with Gasteiger partial charge in [0.2, 0.25) is 6.79 Å². The van der Waals surface area contributed by atoms with Crippen LogP contribution in [0.5, 0.6) is 11.5 Å². The highest BCUT2D eigenvalue weighted by Gasteiger charge is 2.37. The van der Waals surface area contributed by atoms with E-state index in [0.29, 0.717) is 17.1 Å². The quantitative estimate of drug-likeness (QED) is 0.636. The summed E-state index contributed by atoms with van der Waals surface area (Å²) >= 11 is 0. The van der Waals surface area contributed by atoms with E-state index in [1.807, 2.05) is 30.3 Å². The Morgan fingerprint density at radius 2 is 2.00 bits per heavy atom. The minimum absolute atomic E-state index is 0.150. The zero-order valence-electron chi connectivity index (χ0n) is 13.8. The molecule has 26 heavy (non-hydrogen) atoms. The Labute approximate surface area is 149 Å². The molecule has 1 heterocycles. The topological polar surface area (TPSA) is 82.1 Å². The van der Waals surface area contributed by atoms with Gasteiger partial charge in [-0.2, -0.15) is 0 Å². The van der Waals surface area contributed by atoms with Crippen LogP contribution in [-0.2, 0) is 14.3 Å². The third-order valence-electron chi connectivity index (χ3n) is 4.46. The van der Waals surface area contributed by atoms with E-state index in [-0.39, 0.29) is 25.4 Å². The molecule has 0 spiro atoms. The van der Waals surface area contributed by atoms with Crippen molar-refractivity contribution in [2.75, 3.05) is 13.4 Å². The van der Waals surface area contributed by atoms with Crippen LogP contribution in [0.15, 0.2) is 48.0 Å². The molecule has 2 aromatic carbocycles. The molecular weight excluding hydrogens is 336 g/mol. The van der Waals surface area contributed by atoms with Crippen LogP contribution in [-0.4, -0.2) is 30.8 Å². The van der Waals surface area contributed by atoms with Gasteiger partial charge in [-0.15, -0.1) is 0 Å². The van der Waals surface area contributed by atoms with E-state index in [1.54, 1.807) is 12.1 Å². The van der Waals surface area contributed by atoms with E-state index in [1.165, 1.54) is 0 Å². The smallest absolute Gasteiger partial charge is 0.335 e. The van der Waals surface area contributed by atoms with Crippen molar-refractivity contribution >= 4 is 17.8 Å². The summed E-state index contributed by atoms with van der Waals surface area (Å²) in [6.07, 6.45) is 0.248. The van der Waals surface area contributed by atoms with Crippen LogP contribution in [0.4, 0.5) is 0 Å². The van der Waals surface area contributed by atoms with Gasteiger partial charge < -0.3 is 24.1 Å². The molecule has 0 bridgehead atoms. The second-order valence-electron chi connectivity index (χ2n) is 5.96. The van der Waals surface area contributed by atoms with E-state index in [9.17, 15) is 14.7 Å². The molecule has 1 aliphatic heterocycles. The van der Waals surface area contributed by atoms with Crippen LogP contribution in [0.1, 0.15) is 29.2 Å². The minimum Gasteiger partial charge on any atom is -0.478 e. The molecule has 1 N–H and O–H groups in total. The number of hydrogen-bond donors (Lipinski definition) is 1. The van der Waals surface area contributed by atoms with Crippen LogP contribution < -0.4 is 9.47 Å². The van der Waals surface area contributed by atoms with Gasteiger partial charge in [-0.25, -0.2) is 4.79 Å². The third kappa shape index (κ3) is 2.64. The number of carboxylic acids is 1. The van der Waals surface area contributed by atoms with Gasteiger partial charge in [0.15, 0.2) is 11.5 Å². The first-order chi connectivity index (χ1) is 12.7. The standard InChI is InChI=1S/C20H16O6/c21-8-3-9-24-19-14-5-2-1-4-13(14)17(18(19)20(22)23)12-6-7-15-16(10-12)26-11-25-15/h1-2,4-8,10,19H,3,9,11H2,(H,22,23). The number of carbonyl (C=O) groups is 2. The number of carboxylic acid groups (broad SMARTS) is 1. The minimum atomic E-state index is -1.05. The SMILES string of the molecule is O=CCCOC1C(C(=O)O)=C(c2ccc3c(c2)OCO3)c2ccccc21. The normalized spacial score (nSPS) is 17.3. The maximum Gasteiger partial charge on any atom is 0.335 e. The van der Waals surface area contributed by atoms with Gasteiger partial charge in [-0.3, -0.25) is 0 Å². The van der Waals surface area contributed by atoms with Crippen molar-refractivity contribution in [2.45, 2.75) is 12.5 Å². The van der Waals surface area contributed by atoms with Crippen LogP contribution in [0.2, 0.25) is 0 Å². The van der Waals surface area contributed by atoms with Crippen molar-refractivity contribution < 1.29 is 28.9 Å². The number of aliphatic carboxylic acids is 1. The first kappa shape index (κ1) is 16.4. The third-order valence-corrected chi connectivity index (χ3v) is 4.46. The Hall–Kier alpha value is -3.12. The summed E-state index contributed by atoms with van der Waals surface area (Å²) in [5.41, 5.74) is 3.07. The number of carbonyl (C=O) groups excluding carboxylic acids is 1. The average molecular weight is 352 g/mol. The number of hydrogen-bond acceptors (Lipinski definition) is 5. The molecule has 1 aliphatic carbocycles. The van der Waals surface area contributed by atoms with Crippen molar-refractivity contribution in [2.24, 2.45) is 0 Å². The molecule has 132 valence electrons. The predicted molar refractivity (Wildman–Crippen MR) is 92.0 cm³/mol. The average Bonchev–Trinajstić information content (AvgIpc) is 3.24. The lowest BCUT2D eigenvalue weighted by Crippen LogP contribution is -2.13. The maximum atomic E-state index is 12.1. The summed E-state index contributed by atoms with van der Waals surface area (Å²) in [5, 5.41) is 9.87. The fourth-order valence-electron chi connectivity index (χ4n) is 3.37. The Morgan fingerprint density at radius 3 is 2.81 bits per heavy atom. The number of ether oxygens (including phenoxy) is 3. The van der Waals surface area contributed by atoms with Gasteiger partial charge in [0.1, 0.15) is 12.4 Å². The van der Waals surface area contributed by atoms with Crippen molar-refractivity contribution in [3.05, 3.63) is 64.7 Å². The van der Waals surface area contributed by atoms with Crippen LogP contribution in [0.3, 0.4) is 0 Å². The summed E-state index contributed by atoms with van der Waals surface area (Å²) in [6.45, 7) is 0.311. The molecule has 0 amide bonds. The highest BCUT2D eigenvalue weighted by Crippen LogP contribution is 2.47. The molecule has 0 saturated carbocycles. The Balaban J connectivity index is 1.85. The molecular formula is C20H16O6. The summed E-state index contributed by atoms with van der Waals surface area (Å²) in [7, 11) is 0. The molecule has 6 heteroatoms. The van der Waals surface area contributed by atoms with Gasteiger partial charge in [0.25, 0.3) is 0 Å². The molecule has 2 aliphatic rings.